The molecule has 4 rings (SSSR count). The molecule has 24 heavy (non-hydrogen) atoms. The Morgan fingerprint density at radius 2 is 1.21 bits per heavy atom. The number of halogens is 1. The van der Waals surface area contributed by atoms with Crippen LogP contribution in [0.1, 0.15) is 0 Å². The van der Waals surface area contributed by atoms with Crippen LogP contribution in [0.25, 0.3) is 22.8 Å². The molecule has 0 aliphatic rings. The lowest BCUT2D eigenvalue weighted by Gasteiger charge is -2.02. The van der Waals surface area contributed by atoms with Gasteiger partial charge in [-0.25, -0.2) is 0 Å². The van der Waals surface area contributed by atoms with Gasteiger partial charge in [0.25, 0.3) is 5.82 Å². The minimum absolute atomic E-state index is 0. The molecule has 0 amide bonds. The fourth-order valence-electron chi connectivity index (χ4n) is 2.57. The van der Waals surface area contributed by atoms with Crippen LogP contribution in [0.3, 0.4) is 0 Å². The molecule has 4 nitrogen and oxygen atoms in total. The van der Waals surface area contributed by atoms with E-state index in [0.717, 1.165) is 22.8 Å². The summed E-state index contributed by atoms with van der Waals surface area (Å²) in [4.78, 5) is 0. The Hall–Kier alpha value is -2.98. The number of benzene rings is 3. The van der Waals surface area contributed by atoms with Gasteiger partial charge in [-0.1, -0.05) is 59.3 Å². The normalized spacial score (nSPS) is 10.2. The molecular weight excluding hydrogens is 320 g/mol. The van der Waals surface area contributed by atoms with Crippen LogP contribution in [-0.2, 0) is 0 Å². The van der Waals surface area contributed by atoms with Crippen LogP contribution in [0.2, 0.25) is 0 Å². The quantitative estimate of drug-likeness (QED) is 0.502. The van der Waals surface area contributed by atoms with Crippen LogP contribution in [-0.4, -0.2) is 15.1 Å². The summed E-state index contributed by atoms with van der Waals surface area (Å²) in [5, 5.41) is 8.74. The van der Waals surface area contributed by atoms with Gasteiger partial charge in [0.1, 0.15) is 16.6 Å². The highest BCUT2D eigenvalue weighted by atomic mass is 35.5. The van der Waals surface area contributed by atoms with Crippen molar-refractivity contribution in [1.29, 1.82) is 0 Å². The van der Waals surface area contributed by atoms with Crippen LogP contribution < -0.4 is 17.1 Å². The van der Waals surface area contributed by atoms with E-state index in [9.17, 15) is 0 Å². The average Bonchev–Trinajstić information content (AvgIpc) is 3.09. The first-order chi connectivity index (χ1) is 11.4. The SMILES string of the molecule is [Cl-].c1ccc(-c2n(-c3ccccc3)nn[n+]2-c2ccccc2)cc1. The first-order valence-corrected chi connectivity index (χ1v) is 7.48. The Kier molecular flexibility index (Phi) is 4.68. The van der Waals surface area contributed by atoms with Gasteiger partial charge in [0.15, 0.2) is 5.21 Å². The molecule has 0 unspecified atom stereocenters. The van der Waals surface area contributed by atoms with Crippen molar-refractivity contribution >= 4 is 0 Å². The number of rotatable bonds is 3. The summed E-state index contributed by atoms with van der Waals surface area (Å²) in [6.07, 6.45) is 0. The Balaban J connectivity index is 0.00000169. The van der Waals surface area contributed by atoms with Gasteiger partial charge in [0, 0.05) is 0 Å². The smallest absolute Gasteiger partial charge is 0.299 e. The molecule has 0 atom stereocenters. The molecule has 0 aliphatic heterocycles. The summed E-state index contributed by atoms with van der Waals surface area (Å²) in [5.74, 6) is 0.919. The van der Waals surface area contributed by atoms with Gasteiger partial charge >= 0.3 is 0 Å². The van der Waals surface area contributed by atoms with Crippen LogP contribution in [0, 0.1) is 0 Å². The first-order valence-electron chi connectivity index (χ1n) is 7.48. The van der Waals surface area contributed by atoms with E-state index in [-0.39, 0.29) is 12.4 Å². The summed E-state index contributed by atoms with van der Waals surface area (Å²) in [5.41, 5.74) is 3.02. The van der Waals surface area contributed by atoms with Crippen molar-refractivity contribution in [3.8, 4) is 22.8 Å². The lowest BCUT2D eigenvalue weighted by Crippen LogP contribution is -3.00. The zero-order valence-electron chi connectivity index (χ0n) is 12.8. The molecular formula is C19H15ClN4. The van der Waals surface area contributed by atoms with E-state index < -0.39 is 0 Å². The maximum absolute atomic E-state index is 4.37. The largest absolute Gasteiger partial charge is 1.00 e. The van der Waals surface area contributed by atoms with Gasteiger partial charge in [0.2, 0.25) is 0 Å². The molecule has 0 N–H and O–H groups in total. The lowest BCUT2D eigenvalue weighted by atomic mass is 10.2. The molecule has 1 aromatic heterocycles. The lowest BCUT2D eigenvalue weighted by molar-refractivity contribution is -0.649. The second kappa shape index (κ2) is 7.06. The van der Waals surface area contributed by atoms with Crippen molar-refractivity contribution in [2.45, 2.75) is 0 Å². The topological polar surface area (TPSA) is 34.6 Å². The first kappa shape index (κ1) is 15.9. The number of hydrogen-bond acceptors (Lipinski definition) is 2. The number of tetrazole rings is 1. The maximum atomic E-state index is 4.37. The highest BCUT2D eigenvalue weighted by Crippen LogP contribution is 2.19. The molecule has 0 fully saturated rings. The maximum Gasteiger partial charge on any atom is 0.299 e. The molecule has 5 heteroatoms. The van der Waals surface area contributed by atoms with Crippen LogP contribution >= 0.6 is 0 Å². The highest BCUT2D eigenvalue weighted by molar-refractivity contribution is 5.55. The van der Waals surface area contributed by atoms with Crippen LogP contribution in [0.15, 0.2) is 91.0 Å². The molecule has 0 saturated carbocycles. The summed E-state index contributed by atoms with van der Waals surface area (Å²) >= 11 is 0. The molecule has 0 spiro atoms. The molecule has 0 radical (unpaired) electrons. The minimum Gasteiger partial charge on any atom is -1.00 e. The van der Waals surface area contributed by atoms with Gasteiger partial charge in [-0.15, -0.1) is 0 Å². The molecule has 0 bridgehead atoms. The fraction of sp³-hybridized carbons (Fsp3) is 0. The third kappa shape index (κ3) is 2.92. The van der Waals surface area contributed by atoms with Crippen molar-refractivity contribution in [2.75, 3.05) is 0 Å². The van der Waals surface area contributed by atoms with E-state index in [2.05, 4.69) is 22.6 Å². The molecule has 0 aliphatic carbocycles. The average molecular weight is 335 g/mol. The summed E-state index contributed by atoms with van der Waals surface area (Å²) in [6.45, 7) is 0. The summed E-state index contributed by atoms with van der Waals surface area (Å²) in [6, 6.07) is 30.3. The number of nitrogens with zero attached hydrogens (tertiary/aromatic N) is 4. The van der Waals surface area contributed by atoms with Gasteiger partial charge in [0.05, 0.1) is 5.56 Å². The second-order valence-corrected chi connectivity index (χ2v) is 5.16. The van der Waals surface area contributed by atoms with E-state index in [4.69, 9.17) is 0 Å². The van der Waals surface area contributed by atoms with Crippen molar-refractivity contribution in [1.82, 2.24) is 15.1 Å². The van der Waals surface area contributed by atoms with E-state index >= 15 is 0 Å². The Morgan fingerprint density at radius 3 is 1.83 bits per heavy atom. The van der Waals surface area contributed by atoms with Gasteiger partial charge in [-0.2, -0.15) is 0 Å². The van der Waals surface area contributed by atoms with Crippen LogP contribution in [0.5, 0.6) is 0 Å². The van der Waals surface area contributed by atoms with Crippen molar-refractivity contribution in [3.05, 3.63) is 91.0 Å². The molecule has 1 heterocycles. The zero-order chi connectivity index (χ0) is 15.5. The molecule has 118 valence electrons. The number of aromatic nitrogens is 4. The summed E-state index contributed by atoms with van der Waals surface area (Å²) < 4.78 is 3.73. The molecule has 3 aromatic carbocycles. The van der Waals surface area contributed by atoms with Gasteiger partial charge < -0.3 is 12.4 Å². The van der Waals surface area contributed by atoms with E-state index in [1.165, 1.54) is 0 Å². The third-order valence-corrected chi connectivity index (χ3v) is 3.65. The fourth-order valence-corrected chi connectivity index (χ4v) is 2.57. The molecule has 4 aromatic rings. The van der Waals surface area contributed by atoms with Gasteiger partial charge in [-0.05, 0) is 41.1 Å². The minimum atomic E-state index is 0. The van der Waals surface area contributed by atoms with Crippen molar-refractivity contribution in [3.63, 3.8) is 0 Å². The van der Waals surface area contributed by atoms with Crippen molar-refractivity contribution < 1.29 is 17.1 Å². The van der Waals surface area contributed by atoms with E-state index in [1.807, 2.05) is 88.2 Å². The molecule has 0 saturated heterocycles. The predicted molar refractivity (Wildman–Crippen MR) is 88.3 cm³/mol. The zero-order valence-corrected chi connectivity index (χ0v) is 13.6. The van der Waals surface area contributed by atoms with Crippen LogP contribution in [0.4, 0.5) is 0 Å². The third-order valence-electron chi connectivity index (χ3n) is 3.65. The highest BCUT2D eigenvalue weighted by Gasteiger charge is 2.25. The predicted octanol–water partition coefficient (Wildman–Crippen LogP) is 0.215. The Labute approximate surface area is 146 Å². The Morgan fingerprint density at radius 1 is 0.667 bits per heavy atom. The second-order valence-electron chi connectivity index (χ2n) is 5.16. The van der Waals surface area contributed by atoms with E-state index in [0.29, 0.717) is 0 Å². The number of hydrogen-bond donors (Lipinski definition) is 0. The van der Waals surface area contributed by atoms with Gasteiger partial charge in [-0.3, -0.25) is 0 Å². The Bertz CT molecular complexity index is 849. The van der Waals surface area contributed by atoms with Crippen molar-refractivity contribution in [2.24, 2.45) is 0 Å². The number of para-hydroxylation sites is 2. The van der Waals surface area contributed by atoms with E-state index in [1.54, 1.807) is 0 Å². The standard InChI is InChI=1S/C19H15N4.ClH/c1-4-10-16(11-5-1)19-22(17-12-6-2-7-13-17)20-21-23(19)18-14-8-3-9-15-18;/h1-15H;1H/q+1;/p-1. The monoisotopic (exact) mass is 334 g/mol. The summed E-state index contributed by atoms with van der Waals surface area (Å²) in [7, 11) is 0.